The third-order valence-corrected chi connectivity index (χ3v) is 3.67. The predicted octanol–water partition coefficient (Wildman–Crippen LogP) is 2.81. The molecule has 0 aromatic carbocycles. The van der Waals surface area contributed by atoms with Crippen molar-refractivity contribution < 1.29 is 33.1 Å². The van der Waals surface area contributed by atoms with Crippen LogP contribution in [0.2, 0.25) is 5.02 Å². The molecule has 9 nitrogen and oxygen atoms in total. The first-order valence-corrected chi connectivity index (χ1v) is 8.52. The molecule has 2 aromatic rings. The molecule has 2 aromatic heterocycles. The van der Waals surface area contributed by atoms with Gasteiger partial charge in [-0.1, -0.05) is 11.6 Å². The number of Topliss-reactive ketones (excluding diaryl/α,β-unsaturated/α-hetero) is 1. The summed E-state index contributed by atoms with van der Waals surface area (Å²) in [6, 6.07) is 2.77. The Morgan fingerprint density at radius 1 is 1.18 bits per heavy atom. The van der Waals surface area contributed by atoms with Gasteiger partial charge in [0.25, 0.3) is 5.91 Å². The molecular weight excluding hydrogens is 392 g/mol. The molecule has 0 bridgehead atoms. The molecule has 2 heterocycles. The number of ether oxygens (including phenoxy) is 2. The summed E-state index contributed by atoms with van der Waals surface area (Å²) < 4.78 is 15.1. The average Bonchev–Trinajstić information content (AvgIpc) is 2.95. The summed E-state index contributed by atoms with van der Waals surface area (Å²) in [6.07, 6.45) is 1.32. The molecule has 0 saturated heterocycles. The number of nitrogens with one attached hydrogen (secondary N) is 1. The number of ketones is 1. The Bertz CT molecular complexity index is 936. The zero-order chi connectivity index (χ0) is 20.8. The maximum absolute atomic E-state index is 12.2. The van der Waals surface area contributed by atoms with E-state index in [1.54, 1.807) is 6.92 Å². The fourth-order valence-electron chi connectivity index (χ4n) is 2.34. The standard InChI is InChI=1S/C18H17ClN2O7/c1-4-26-18(25)15-14(9(2)22)10(3)28-16(15)21-13(23)8-27-17(24)12-7-11(19)5-6-20-12/h5-7H,4,8H2,1-3H3,(H,21,23). The number of carbonyl (C=O) groups excluding carboxylic acids is 4. The molecule has 0 radical (unpaired) electrons. The Labute approximate surface area is 165 Å². The highest BCUT2D eigenvalue weighted by Gasteiger charge is 2.29. The average molecular weight is 409 g/mol. The normalized spacial score (nSPS) is 10.3. The van der Waals surface area contributed by atoms with Crippen molar-refractivity contribution in [2.75, 3.05) is 18.5 Å². The van der Waals surface area contributed by atoms with E-state index in [2.05, 4.69) is 10.3 Å². The summed E-state index contributed by atoms with van der Waals surface area (Å²) in [5.74, 6) is -3.01. The lowest BCUT2D eigenvalue weighted by Crippen LogP contribution is -2.22. The molecule has 10 heteroatoms. The smallest absolute Gasteiger partial charge is 0.357 e. The lowest BCUT2D eigenvalue weighted by atomic mass is 10.1. The van der Waals surface area contributed by atoms with E-state index in [-0.39, 0.29) is 40.1 Å². The number of aromatic nitrogens is 1. The summed E-state index contributed by atoms with van der Waals surface area (Å²) in [4.78, 5) is 51.8. The maximum atomic E-state index is 12.2. The van der Waals surface area contributed by atoms with E-state index in [0.29, 0.717) is 0 Å². The van der Waals surface area contributed by atoms with Crippen LogP contribution in [-0.4, -0.2) is 41.8 Å². The van der Waals surface area contributed by atoms with Crippen LogP contribution in [0.3, 0.4) is 0 Å². The second-order valence-electron chi connectivity index (χ2n) is 5.50. The number of halogens is 1. The minimum absolute atomic E-state index is 0.00821. The van der Waals surface area contributed by atoms with Crippen LogP contribution in [-0.2, 0) is 14.3 Å². The van der Waals surface area contributed by atoms with Crippen molar-refractivity contribution in [1.29, 1.82) is 0 Å². The van der Waals surface area contributed by atoms with Gasteiger partial charge in [0.2, 0.25) is 5.88 Å². The van der Waals surface area contributed by atoms with Gasteiger partial charge in [-0.15, -0.1) is 0 Å². The first-order chi connectivity index (χ1) is 13.2. The van der Waals surface area contributed by atoms with Crippen molar-refractivity contribution in [3.05, 3.63) is 45.9 Å². The fourth-order valence-corrected chi connectivity index (χ4v) is 2.50. The third-order valence-electron chi connectivity index (χ3n) is 3.43. The van der Waals surface area contributed by atoms with E-state index >= 15 is 0 Å². The molecule has 0 aliphatic rings. The van der Waals surface area contributed by atoms with Gasteiger partial charge >= 0.3 is 11.9 Å². The highest BCUT2D eigenvalue weighted by Crippen LogP contribution is 2.28. The quantitative estimate of drug-likeness (QED) is 0.547. The highest BCUT2D eigenvalue weighted by atomic mass is 35.5. The van der Waals surface area contributed by atoms with Gasteiger partial charge in [-0.3, -0.25) is 14.9 Å². The zero-order valence-electron chi connectivity index (χ0n) is 15.3. The molecule has 1 amide bonds. The van der Waals surface area contributed by atoms with Gasteiger partial charge in [-0.2, -0.15) is 0 Å². The first-order valence-electron chi connectivity index (χ1n) is 8.14. The van der Waals surface area contributed by atoms with Crippen LogP contribution < -0.4 is 5.32 Å². The van der Waals surface area contributed by atoms with Crippen molar-refractivity contribution in [2.45, 2.75) is 20.8 Å². The van der Waals surface area contributed by atoms with Crippen LogP contribution in [0.15, 0.2) is 22.7 Å². The maximum Gasteiger partial charge on any atom is 0.357 e. The molecule has 0 atom stereocenters. The van der Waals surface area contributed by atoms with Crippen LogP contribution in [0.5, 0.6) is 0 Å². The number of anilines is 1. The third kappa shape index (κ3) is 4.95. The van der Waals surface area contributed by atoms with Gasteiger partial charge < -0.3 is 13.9 Å². The molecule has 0 aliphatic heterocycles. The molecule has 0 saturated carbocycles. The lowest BCUT2D eigenvalue weighted by Gasteiger charge is -2.07. The number of hydrogen-bond donors (Lipinski definition) is 1. The summed E-state index contributed by atoms with van der Waals surface area (Å²) in [6.45, 7) is 3.72. The van der Waals surface area contributed by atoms with Gasteiger partial charge in [-0.25, -0.2) is 14.6 Å². The Morgan fingerprint density at radius 2 is 1.89 bits per heavy atom. The van der Waals surface area contributed by atoms with Crippen LogP contribution in [0.1, 0.15) is 50.8 Å². The highest BCUT2D eigenvalue weighted by molar-refractivity contribution is 6.30. The van der Waals surface area contributed by atoms with Crippen molar-refractivity contribution in [3.8, 4) is 0 Å². The molecule has 28 heavy (non-hydrogen) atoms. The van der Waals surface area contributed by atoms with Gasteiger partial charge in [0.05, 0.1) is 12.2 Å². The molecule has 0 unspecified atom stereocenters. The molecule has 2 rings (SSSR count). The van der Waals surface area contributed by atoms with E-state index in [1.165, 1.54) is 32.2 Å². The molecule has 0 fully saturated rings. The van der Waals surface area contributed by atoms with Crippen LogP contribution >= 0.6 is 11.6 Å². The fraction of sp³-hybridized carbons (Fsp3) is 0.278. The topological polar surface area (TPSA) is 125 Å². The van der Waals surface area contributed by atoms with Crippen LogP contribution in [0, 0.1) is 6.92 Å². The number of hydrogen-bond acceptors (Lipinski definition) is 8. The van der Waals surface area contributed by atoms with E-state index < -0.39 is 30.2 Å². The number of aryl methyl sites for hydroxylation is 1. The SMILES string of the molecule is CCOC(=O)c1c(NC(=O)COC(=O)c2cc(Cl)ccn2)oc(C)c1C(C)=O. The van der Waals surface area contributed by atoms with E-state index in [0.717, 1.165) is 0 Å². The number of nitrogens with zero attached hydrogens (tertiary/aromatic N) is 1. The van der Waals surface area contributed by atoms with Crippen LogP contribution in [0.4, 0.5) is 5.88 Å². The summed E-state index contributed by atoms with van der Waals surface area (Å²) >= 11 is 5.76. The Balaban J connectivity index is 2.13. The minimum atomic E-state index is -0.858. The number of rotatable bonds is 7. The Morgan fingerprint density at radius 3 is 2.50 bits per heavy atom. The van der Waals surface area contributed by atoms with Crippen LogP contribution in [0.25, 0.3) is 0 Å². The monoisotopic (exact) mass is 408 g/mol. The number of esters is 2. The summed E-state index contributed by atoms with van der Waals surface area (Å²) in [5, 5.41) is 2.59. The molecule has 0 spiro atoms. The Hall–Kier alpha value is -3.20. The van der Waals surface area contributed by atoms with Crippen molar-refractivity contribution in [1.82, 2.24) is 4.98 Å². The number of furan rings is 1. The number of pyridine rings is 1. The second kappa shape index (κ2) is 9.14. The molecule has 1 N–H and O–H groups in total. The van der Waals surface area contributed by atoms with Crippen molar-refractivity contribution in [3.63, 3.8) is 0 Å². The van der Waals surface area contributed by atoms with Gasteiger partial charge in [0.1, 0.15) is 17.0 Å². The number of amides is 1. The molecule has 148 valence electrons. The molecular formula is C18H17ClN2O7. The lowest BCUT2D eigenvalue weighted by molar-refractivity contribution is -0.119. The van der Waals surface area contributed by atoms with Crippen molar-refractivity contribution in [2.24, 2.45) is 0 Å². The minimum Gasteiger partial charge on any atom is -0.462 e. The zero-order valence-corrected chi connectivity index (χ0v) is 16.1. The number of carbonyl (C=O) groups is 4. The Kier molecular flexibility index (Phi) is 6.89. The van der Waals surface area contributed by atoms with E-state index in [1.807, 2.05) is 0 Å². The van der Waals surface area contributed by atoms with Gasteiger partial charge in [-0.05, 0) is 32.9 Å². The van der Waals surface area contributed by atoms with Gasteiger partial charge in [0.15, 0.2) is 12.4 Å². The van der Waals surface area contributed by atoms with Crippen molar-refractivity contribution >= 4 is 41.1 Å². The first kappa shape index (κ1) is 21.1. The van der Waals surface area contributed by atoms with E-state index in [9.17, 15) is 19.2 Å². The van der Waals surface area contributed by atoms with E-state index in [4.69, 9.17) is 25.5 Å². The second-order valence-corrected chi connectivity index (χ2v) is 5.93. The summed E-state index contributed by atoms with van der Waals surface area (Å²) in [5.41, 5.74) is -0.253. The van der Waals surface area contributed by atoms with Gasteiger partial charge in [0, 0.05) is 11.2 Å². The largest absolute Gasteiger partial charge is 0.462 e. The summed E-state index contributed by atoms with van der Waals surface area (Å²) in [7, 11) is 0. The predicted molar refractivity (Wildman–Crippen MR) is 97.6 cm³/mol. The molecule has 0 aliphatic carbocycles.